The van der Waals surface area contributed by atoms with Crippen LogP contribution in [0.1, 0.15) is 0 Å². The Morgan fingerprint density at radius 1 is 0.630 bits per heavy atom. The Morgan fingerprint density at radius 3 is 2.15 bits per heavy atom. The van der Waals surface area contributed by atoms with Crippen molar-refractivity contribution in [2.24, 2.45) is 0 Å². The number of hydrogen-bond donors (Lipinski definition) is 0. The first-order chi connectivity index (χ1) is 13.3. The molecule has 2 nitrogen and oxygen atoms in total. The number of furan rings is 1. The molecule has 4 aromatic carbocycles. The van der Waals surface area contributed by atoms with Gasteiger partial charge in [-0.25, -0.2) is 0 Å². The predicted molar refractivity (Wildman–Crippen MR) is 111 cm³/mol. The van der Waals surface area contributed by atoms with Crippen LogP contribution in [-0.4, -0.2) is 7.11 Å². The van der Waals surface area contributed by atoms with Crippen molar-refractivity contribution in [3.05, 3.63) is 91.0 Å². The minimum atomic E-state index is 0.846. The third-order valence-electron chi connectivity index (χ3n) is 4.99. The van der Waals surface area contributed by atoms with Gasteiger partial charge in [0.05, 0.1) is 7.11 Å². The molecule has 0 atom stereocenters. The van der Waals surface area contributed by atoms with E-state index < -0.39 is 0 Å². The molecular formula is C25H18O2. The Morgan fingerprint density at radius 2 is 1.37 bits per heavy atom. The molecule has 130 valence electrons. The molecule has 2 heteroatoms. The fraction of sp³-hybridized carbons (Fsp3) is 0.0400. The van der Waals surface area contributed by atoms with Crippen molar-refractivity contribution in [1.29, 1.82) is 0 Å². The minimum absolute atomic E-state index is 0.846. The van der Waals surface area contributed by atoms with Gasteiger partial charge in [-0.2, -0.15) is 0 Å². The molecule has 0 radical (unpaired) electrons. The van der Waals surface area contributed by atoms with Crippen LogP contribution in [0.15, 0.2) is 95.4 Å². The van der Waals surface area contributed by atoms with Crippen LogP contribution in [0.25, 0.3) is 44.2 Å². The van der Waals surface area contributed by atoms with Crippen LogP contribution < -0.4 is 4.74 Å². The van der Waals surface area contributed by atoms with Gasteiger partial charge in [0.1, 0.15) is 17.1 Å². The highest BCUT2D eigenvalue weighted by molar-refractivity contribution is 6.12. The van der Waals surface area contributed by atoms with Crippen LogP contribution in [-0.2, 0) is 0 Å². The van der Waals surface area contributed by atoms with Gasteiger partial charge in [-0.15, -0.1) is 0 Å². The van der Waals surface area contributed by atoms with E-state index in [4.69, 9.17) is 9.15 Å². The second-order valence-electron chi connectivity index (χ2n) is 6.56. The molecule has 1 heterocycles. The summed E-state index contributed by atoms with van der Waals surface area (Å²) in [7, 11) is 1.68. The van der Waals surface area contributed by atoms with Gasteiger partial charge in [0, 0.05) is 21.9 Å². The summed E-state index contributed by atoms with van der Waals surface area (Å²) in [5, 5.41) is 3.43. The lowest BCUT2D eigenvalue weighted by Gasteiger charge is -2.06. The Labute approximate surface area is 157 Å². The van der Waals surface area contributed by atoms with Gasteiger partial charge < -0.3 is 9.15 Å². The number of ether oxygens (including phenoxy) is 1. The zero-order valence-corrected chi connectivity index (χ0v) is 15.0. The Bertz CT molecular complexity index is 1230. The molecule has 0 aliphatic rings. The zero-order valence-electron chi connectivity index (χ0n) is 15.0. The number of methoxy groups -OCH3 is 1. The third kappa shape index (κ3) is 2.58. The molecule has 0 spiro atoms. The van der Waals surface area contributed by atoms with E-state index >= 15 is 0 Å². The van der Waals surface area contributed by atoms with Gasteiger partial charge in [-0.1, -0.05) is 72.8 Å². The van der Waals surface area contributed by atoms with Crippen molar-refractivity contribution in [3.63, 3.8) is 0 Å². The standard InChI is InChI=1S/C25H18O2/c1-26-20-14-11-18(12-15-20)23-22-16-13-17-7-5-6-10-21(17)25(22)27-24(23)19-8-3-2-4-9-19/h2-16H,1H3. The lowest BCUT2D eigenvalue weighted by atomic mass is 9.97. The summed E-state index contributed by atoms with van der Waals surface area (Å²) in [5.41, 5.74) is 4.23. The van der Waals surface area contributed by atoms with Gasteiger partial charge in [0.25, 0.3) is 0 Å². The normalized spacial score (nSPS) is 11.1. The lowest BCUT2D eigenvalue weighted by molar-refractivity contribution is 0.415. The molecule has 0 aliphatic carbocycles. The number of rotatable bonds is 3. The monoisotopic (exact) mass is 350 g/mol. The highest BCUT2D eigenvalue weighted by atomic mass is 16.5. The maximum Gasteiger partial charge on any atom is 0.143 e. The van der Waals surface area contributed by atoms with E-state index in [0.717, 1.165) is 44.6 Å². The topological polar surface area (TPSA) is 22.4 Å². The molecule has 0 aliphatic heterocycles. The van der Waals surface area contributed by atoms with Crippen LogP contribution >= 0.6 is 0 Å². The van der Waals surface area contributed by atoms with Crippen LogP contribution in [0, 0.1) is 0 Å². The SMILES string of the molecule is COc1ccc(-c2c(-c3ccccc3)oc3c2ccc2ccccc23)cc1. The van der Waals surface area contributed by atoms with Gasteiger partial charge in [0.2, 0.25) is 0 Å². The second-order valence-corrected chi connectivity index (χ2v) is 6.56. The van der Waals surface area contributed by atoms with E-state index in [1.165, 1.54) is 5.39 Å². The van der Waals surface area contributed by atoms with E-state index in [-0.39, 0.29) is 0 Å². The van der Waals surface area contributed by atoms with Gasteiger partial charge in [-0.3, -0.25) is 0 Å². The molecule has 0 unspecified atom stereocenters. The van der Waals surface area contributed by atoms with Gasteiger partial charge >= 0.3 is 0 Å². The Balaban J connectivity index is 1.86. The summed E-state index contributed by atoms with van der Waals surface area (Å²) in [5.74, 6) is 1.74. The molecule has 0 saturated carbocycles. The van der Waals surface area contributed by atoms with E-state index in [0.29, 0.717) is 0 Å². The highest BCUT2D eigenvalue weighted by Crippen LogP contribution is 2.43. The van der Waals surface area contributed by atoms with E-state index in [1.807, 2.05) is 30.3 Å². The van der Waals surface area contributed by atoms with Crippen molar-refractivity contribution in [1.82, 2.24) is 0 Å². The Hall–Kier alpha value is -3.52. The molecule has 27 heavy (non-hydrogen) atoms. The summed E-state index contributed by atoms with van der Waals surface area (Å²) in [6, 6.07) is 31.1. The first-order valence-corrected chi connectivity index (χ1v) is 8.99. The number of fused-ring (bicyclic) bond motifs is 3. The third-order valence-corrected chi connectivity index (χ3v) is 4.99. The minimum Gasteiger partial charge on any atom is -0.497 e. The smallest absolute Gasteiger partial charge is 0.143 e. The zero-order chi connectivity index (χ0) is 18.2. The number of benzene rings is 4. The maximum absolute atomic E-state index is 6.48. The molecule has 0 fully saturated rings. The molecular weight excluding hydrogens is 332 g/mol. The van der Waals surface area contributed by atoms with E-state index in [1.54, 1.807) is 7.11 Å². The van der Waals surface area contributed by atoms with Gasteiger partial charge in [0.15, 0.2) is 0 Å². The largest absolute Gasteiger partial charge is 0.497 e. The number of hydrogen-bond acceptors (Lipinski definition) is 2. The van der Waals surface area contributed by atoms with E-state index in [9.17, 15) is 0 Å². The summed E-state index contributed by atoms with van der Waals surface area (Å²) in [6.45, 7) is 0. The highest BCUT2D eigenvalue weighted by Gasteiger charge is 2.19. The molecule has 0 bridgehead atoms. The van der Waals surface area contributed by atoms with Crippen LogP contribution in [0.3, 0.4) is 0 Å². The average molecular weight is 350 g/mol. The van der Waals surface area contributed by atoms with Crippen LogP contribution in [0.2, 0.25) is 0 Å². The Kier molecular flexibility index (Phi) is 3.68. The predicted octanol–water partition coefficient (Wildman–Crippen LogP) is 6.93. The maximum atomic E-state index is 6.48. The first kappa shape index (κ1) is 15.7. The van der Waals surface area contributed by atoms with Crippen molar-refractivity contribution in [2.75, 3.05) is 7.11 Å². The molecule has 5 aromatic rings. The summed E-state index contributed by atoms with van der Waals surface area (Å²) >= 11 is 0. The molecule has 0 saturated heterocycles. The molecule has 0 amide bonds. The van der Waals surface area contributed by atoms with Crippen LogP contribution in [0.4, 0.5) is 0 Å². The molecule has 0 N–H and O–H groups in total. The lowest BCUT2D eigenvalue weighted by Crippen LogP contribution is -1.84. The summed E-state index contributed by atoms with van der Waals surface area (Å²) < 4.78 is 11.8. The average Bonchev–Trinajstić information content (AvgIpc) is 3.14. The summed E-state index contributed by atoms with van der Waals surface area (Å²) in [4.78, 5) is 0. The fourth-order valence-corrected chi connectivity index (χ4v) is 3.66. The van der Waals surface area contributed by atoms with Crippen molar-refractivity contribution in [3.8, 4) is 28.2 Å². The molecule has 1 aromatic heterocycles. The van der Waals surface area contributed by atoms with Crippen molar-refractivity contribution < 1.29 is 9.15 Å². The molecule has 5 rings (SSSR count). The quantitative estimate of drug-likeness (QED) is 0.352. The fourth-order valence-electron chi connectivity index (χ4n) is 3.66. The van der Waals surface area contributed by atoms with Crippen LogP contribution in [0.5, 0.6) is 5.75 Å². The van der Waals surface area contributed by atoms with E-state index in [2.05, 4.69) is 60.7 Å². The van der Waals surface area contributed by atoms with Crippen molar-refractivity contribution in [2.45, 2.75) is 0 Å². The van der Waals surface area contributed by atoms with Gasteiger partial charge in [-0.05, 0) is 29.1 Å². The second kappa shape index (κ2) is 6.33. The van der Waals surface area contributed by atoms with Crippen molar-refractivity contribution >= 4 is 21.7 Å². The summed E-state index contributed by atoms with van der Waals surface area (Å²) in [6.07, 6.45) is 0. The first-order valence-electron chi connectivity index (χ1n) is 8.99.